The maximum Gasteiger partial charge on any atom is 0.241 e. The van der Waals surface area contributed by atoms with Gasteiger partial charge in [-0.15, -0.1) is 0 Å². The SMILES string of the molecule is Nc1ccc(C(Cc2ccc(NC(=O)[C@@H]3CCCN3)cc2)c2ccccc2)cc1. The zero-order valence-corrected chi connectivity index (χ0v) is 16.5. The maximum atomic E-state index is 12.3. The molecule has 1 heterocycles. The molecule has 0 saturated carbocycles. The van der Waals surface area contributed by atoms with Crippen molar-refractivity contribution >= 4 is 17.3 Å². The molecule has 0 aromatic heterocycles. The van der Waals surface area contributed by atoms with Gasteiger partial charge in [-0.3, -0.25) is 4.79 Å². The third-order valence-electron chi connectivity index (χ3n) is 5.58. The Balaban J connectivity index is 1.50. The van der Waals surface area contributed by atoms with Gasteiger partial charge in [-0.25, -0.2) is 0 Å². The van der Waals surface area contributed by atoms with E-state index in [1.165, 1.54) is 16.7 Å². The lowest BCUT2D eigenvalue weighted by atomic mass is 9.86. The first-order valence-electron chi connectivity index (χ1n) is 10.2. The molecule has 1 unspecified atom stereocenters. The molecule has 2 atom stereocenters. The number of amides is 1. The van der Waals surface area contributed by atoms with E-state index in [-0.39, 0.29) is 17.9 Å². The molecule has 1 aliphatic heterocycles. The molecule has 4 nitrogen and oxygen atoms in total. The largest absolute Gasteiger partial charge is 0.399 e. The molecule has 0 spiro atoms. The van der Waals surface area contributed by atoms with Crippen LogP contribution in [-0.4, -0.2) is 18.5 Å². The second-order valence-corrected chi connectivity index (χ2v) is 7.67. The first-order valence-corrected chi connectivity index (χ1v) is 10.2. The van der Waals surface area contributed by atoms with Crippen molar-refractivity contribution in [3.63, 3.8) is 0 Å². The zero-order chi connectivity index (χ0) is 20.1. The van der Waals surface area contributed by atoms with E-state index >= 15 is 0 Å². The van der Waals surface area contributed by atoms with Crippen molar-refractivity contribution in [3.8, 4) is 0 Å². The molecular formula is C25H27N3O. The predicted molar refractivity (Wildman–Crippen MR) is 119 cm³/mol. The number of rotatable bonds is 6. The maximum absolute atomic E-state index is 12.3. The third-order valence-corrected chi connectivity index (χ3v) is 5.58. The van der Waals surface area contributed by atoms with Gasteiger partial charge >= 0.3 is 0 Å². The van der Waals surface area contributed by atoms with Crippen molar-refractivity contribution < 1.29 is 4.79 Å². The van der Waals surface area contributed by atoms with Gasteiger partial charge in [-0.05, 0) is 66.8 Å². The lowest BCUT2D eigenvalue weighted by molar-refractivity contribution is -0.117. The molecule has 1 amide bonds. The number of anilines is 2. The lowest BCUT2D eigenvalue weighted by Crippen LogP contribution is -2.35. The van der Waals surface area contributed by atoms with E-state index in [4.69, 9.17) is 5.73 Å². The molecular weight excluding hydrogens is 358 g/mol. The summed E-state index contributed by atoms with van der Waals surface area (Å²) in [6, 6.07) is 26.8. The number of carbonyl (C=O) groups excluding carboxylic acids is 1. The van der Waals surface area contributed by atoms with Gasteiger partial charge in [0.2, 0.25) is 5.91 Å². The minimum absolute atomic E-state index is 0.0549. The van der Waals surface area contributed by atoms with Crippen LogP contribution in [0.2, 0.25) is 0 Å². The smallest absolute Gasteiger partial charge is 0.241 e. The van der Waals surface area contributed by atoms with Crippen molar-refractivity contribution in [1.82, 2.24) is 5.32 Å². The van der Waals surface area contributed by atoms with Crippen LogP contribution in [0, 0.1) is 0 Å². The van der Waals surface area contributed by atoms with Crippen molar-refractivity contribution in [1.29, 1.82) is 0 Å². The number of hydrogen-bond donors (Lipinski definition) is 3. The van der Waals surface area contributed by atoms with Crippen LogP contribution < -0.4 is 16.4 Å². The minimum atomic E-state index is -0.0670. The van der Waals surface area contributed by atoms with E-state index in [0.717, 1.165) is 37.2 Å². The number of hydrogen-bond acceptors (Lipinski definition) is 3. The highest BCUT2D eigenvalue weighted by Gasteiger charge is 2.22. The summed E-state index contributed by atoms with van der Waals surface area (Å²) < 4.78 is 0. The Morgan fingerprint density at radius 3 is 2.31 bits per heavy atom. The van der Waals surface area contributed by atoms with Crippen molar-refractivity contribution in [2.45, 2.75) is 31.2 Å². The van der Waals surface area contributed by atoms with Gasteiger partial charge in [0.1, 0.15) is 0 Å². The average Bonchev–Trinajstić information content (AvgIpc) is 3.30. The molecule has 1 fully saturated rings. The second-order valence-electron chi connectivity index (χ2n) is 7.67. The molecule has 4 rings (SSSR count). The highest BCUT2D eigenvalue weighted by atomic mass is 16.2. The first-order chi connectivity index (χ1) is 14.2. The minimum Gasteiger partial charge on any atom is -0.399 e. The van der Waals surface area contributed by atoms with Gasteiger partial charge in [0.25, 0.3) is 0 Å². The summed E-state index contributed by atoms with van der Waals surface area (Å²) in [5, 5.41) is 6.25. The van der Waals surface area contributed by atoms with Crippen LogP contribution in [0.25, 0.3) is 0 Å². The summed E-state index contributed by atoms with van der Waals surface area (Å²) in [7, 11) is 0. The standard InChI is InChI=1S/C25H27N3O/c26-21-12-10-20(11-13-21)23(19-5-2-1-3-6-19)17-18-8-14-22(15-9-18)28-25(29)24-7-4-16-27-24/h1-3,5-6,8-15,23-24,27H,4,7,16-17,26H2,(H,28,29)/t23?,24-/m0/s1. The van der Waals surface area contributed by atoms with Gasteiger partial charge in [-0.2, -0.15) is 0 Å². The summed E-state index contributed by atoms with van der Waals surface area (Å²) in [5.41, 5.74) is 11.3. The Morgan fingerprint density at radius 2 is 1.66 bits per heavy atom. The van der Waals surface area contributed by atoms with Crippen LogP contribution in [0.15, 0.2) is 78.9 Å². The van der Waals surface area contributed by atoms with Gasteiger partial charge in [-0.1, -0.05) is 54.6 Å². The highest BCUT2D eigenvalue weighted by Crippen LogP contribution is 2.29. The molecule has 4 heteroatoms. The Hall–Kier alpha value is -3.11. The van der Waals surface area contributed by atoms with Gasteiger partial charge in [0.15, 0.2) is 0 Å². The second kappa shape index (κ2) is 8.93. The van der Waals surface area contributed by atoms with Crippen LogP contribution in [0.5, 0.6) is 0 Å². The van der Waals surface area contributed by atoms with Crippen LogP contribution in [0.1, 0.15) is 35.4 Å². The molecule has 1 aliphatic rings. The fraction of sp³-hybridized carbons (Fsp3) is 0.240. The molecule has 3 aromatic carbocycles. The predicted octanol–water partition coefficient (Wildman–Crippen LogP) is 4.33. The Labute approximate surface area is 172 Å². The lowest BCUT2D eigenvalue weighted by Gasteiger charge is -2.19. The summed E-state index contributed by atoms with van der Waals surface area (Å²) in [5.74, 6) is 0.305. The van der Waals surface area contributed by atoms with E-state index < -0.39 is 0 Å². The Morgan fingerprint density at radius 1 is 0.966 bits per heavy atom. The van der Waals surface area contributed by atoms with Crippen LogP contribution >= 0.6 is 0 Å². The van der Waals surface area contributed by atoms with Crippen LogP contribution in [0.3, 0.4) is 0 Å². The normalized spacial score (nSPS) is 17.0. The quantitative estimate of drug-likeness (QED) is 0.553. The summed E-state index contributed by atoms with van der Waals surface area (Å²) in [6.07, 6.45) is 2.85. The van der Waals surface area contributed by atoms with Crippen molar-refractivity contribution in [2.75, 3.05) is 17.6 Å². The van der Waals surface area contributed by atoms with E-state index in [0.29, 0.717) is 0 Å². The highest BCUT2D eigenvalue weighted by molar-refractivity contribution is 5.95. The molecule has 0 radical (unpaired) electrons. The topological polar surface area (TPSA) is 67.1 Å². The summed E-state index contributed by atoms with van der Waals surface area (Å²) in [4.78, 5) is 12.3. The fourth-order valence-electron chi connectivity index (χ4n) is 3.94. The number of nitrogens with one attached hydrogen (secondary N) is 2. The molecule has 0 aliphatic carbocycles. The zero-order valence-electron chi connectivity index (χ0n) is 16.5. The number of benzene rings is 3. The summed E-state index contributed by atoms with van der Waals surface area (Å²) >= 11 is 0. The van der Waals surface area contributed by atoms with Gasteiger partial charge < -0.3 is 16.4 Å². The average molecular weight is 386 g/mol. The molecule has 4 N–H and O–H groups in total. The van der Waals surface area contributed by atoms with E-state index in [2.05, 4.69) is 59.2 Å². The number of nitrogen functional groups attached to an aromatic ring is 1. The van der Waals surface area contributed by atoms with E-state index in [1.807, 2.05) is 30.3 Å². The first kappa shape index (κ1) is 19.2. The monoisotopic (exact) mass is 385 g/mol. The van der Waals surface area contributed by atoms with Crippen LogP contribution in [0.4, 0.5) is 11.4 Å². The van der Waals surface area contributed by atoms with Gasteiger partial charge in [0.05, 0.1) is 6.04 Å². The Kier molecular flexibility index (Phi) is 5.92. The van der Waals surface area contributed by atoms with Crippen molar-refractivity contribution in [3.05, 3.63) is 95.6 Å². The molecule has 1 saturated heterocycles. The number of carbonyl (C=O) groups is 1. The molecule has 3 aromatic rings. The third kappa shape index (κ3) is 4.84. The van der Waals surface area contributed by atoms with Crippen molar-refractivity contribution in [2.24, 2.45) is 0 Å². The molecule has 148 valence electrons. The van der Waals surface area contributed by atoms with Gasteiger partial charge in [0, 0.05) is 17.3 Å². The van der Waals surface area contributed by atoms with E-state index in [1.54, 1.807) is 0 Å². The molecule has 29 heavy (non-hydrogen) atoms. The molecule has 0 bridgehead atoms. The van der Waals surface area contributed by atoms with E-state index in [9.17, 15) is 4.79 Å². The van der Waals surface area contributed by atoms with Crippen LogP contribution in [-0.2, 0) is 11.2 Å². The summed E-state index contributed by atoms with van der Waals surface area (Å²) in [6.45, 7) is 0.920. The number of nitrogens with two attached hydrogens (primary N) is 1. The Bertz CT molecular complexity index is 930. The fourth-order valence-corrected chi connectivity index (χ4v) is 3.94.